The second-order valence-corrected chi connectivity index (χ2v) is 3.90. The fourth-order valence-electron chi connectivity index (χ4n) is 0.876. The Bertz CT molecular complexity index is 398. The van der Waals surface area contributed by atoms with Gasteiger partial charge >= 0.3 is 12.3 Å². The average molecular weight is 286 g/mol. The Morgan fingerprint density at radius 2 is 2.22 bits per heavy atom. The normalized spacial score (nSPS) is 11.6. The summed E-state index contributed by atoms with van der Waals surface area (Å²) < 4.78 is 44.2. The van der Waals surface area contributed by atoms with Crippen LogP contribution in [-0.4, -0.2) is 52.0 Å². The highest BCUT2D eigenvalue weighted by molar-refractivity contribution is 7.99. The van der Waals surface area contributed by atoms with Crippen molar-refractivity contribution >= 4 is 17.7 Å². The summed E-state index contributed by atoms with van der Waals surface area (Å²) in [5, 5.41) is 10.6. The van der Waals surface area contributed by atoms with Gasteiger partial charge in [-0.05, 0) is 10.4 Å². The van der Waals surface area contributed by atoms with E-state index in [1.807, 2.05) is 0 Å². The SMILES string of the molecule is COC(=O)Cn1nnnc1SCCOC(F)(F)F. The molecular formula is C7H9F3N4O3S. The fourth-order valence-corrected chi connectivity index (χ4v) is 1.57. The topological polar surface area (TPSA) is 79.1 Å². The molecule has 0 aromatic carbocycles. The third-order valence-corrected chi connectivity index (χ3v) is 2.51. The number of aromatic nitrogens is 4. The van der Waals surface area contributed by atoms with Crippen LogP contribution in [0.3, 0.4) is 0 Å². The number of tetrazole rings is 1. The van der Waals surface area contributed by atoms with E-state index < -0.39 is 18.9 Å². The van der Waals surface area contributed by atoms with Crippen molar-refractivity contribution in [1.82, 2.24) is 20.2 Å². The lowest BCUT2D eigenvalue weighted by Crippen LogP contribution is -2.16. The van der Waals surface area contributed by atoms with Crippen molar-refractivity contribution in [3.05, 3.63) is 0 Å². The van der Waals surface area contributed by atoms with E-state index in [4.69, 9.17) is 0 Å². The van der Waals surface area contributed by atoms with Gasteiger partial charge in [0.15, 0.2) is 0 Å². The second-order valence-electron chi connectivity index (χ2n) is 2.84. The summed E-state index contributed by atoms with van der Waals surface area (Å²) in [4.78, 5) is 11.0. The molecule has 102 valence electrons. The molecule has 0 saturated heterocycles. The van der Waals surface area contributed by atoms with Gasteiger partial charge in [-0.15, -0.1) is 18.3 Å². The number of hydrogen-bond donors (Lipinski definition) is 0. The first-order valence-corrected chi connectivity index (χ1v) is 5.57. The van der Waals surface area contributed by atoms with Gasteiger partial charge in [0.05, 0.1) is 13.7 Å². The minimum Gasteiger partial charge on any atom is -0.468 e. The van der Waals surface area contributed by atoms with Crippen LogP contribution >= 0.6 is 11.8 Å². The third kappa shape index (κ3) is 5.31. The fraction of sp³-hybridized carbons (Fsp3) is 0.714. The molecular weight excluding hydrogens is 277 g/mol. The van der Waals surface area contributed by atoms with Crippen LogP contribution in [0.25, 0.3) is 0 Å². The summed E-state index contributed by atoms with van der Waals surface area (Å²) in [5.74, 6) is -0.558. The van der Waals surface area contributed by atoms with E-state index in [0.717, 1.165) is 16.4 Å². The Labute approximate surface area is 104 Å². The van der Waals surface area contributed by atoms with Gasteiger partial charge < -0.3 is 4.74 Å². The van der Waals surface area contributed by atoms with Gasteiger partial charge in [0.2, 0.25) is 5.16 Å². The highest BCUT2D eigenvalue weighted by atomic mass is 32.2. The van der Waals surface area contributed by atoms with Crippen LogP contribution in [0.2, 0.25) is 0 Å². The molecule has 0 radical (unpaired) electrons. The van der Waals surface area contributed by atoms with Gasteiger partial charge in [0.1, 0.15) is 6.54 Å². The molecule has 0 amide bonds. The Morgan fingerprint density at radius 1 is 1.50 bits per heavy atom. The molecule has 0 aliphatic rings. The number of carbonyl (C=O) groups excluding carboxylic acids is 1. The highest BCUT2D eigenvalue weighted by Gasteiger charge is 2.28. The van der Waals surface area contributed by atoms with Gasteiger partial charge in [-0.25, -0.2) is 4.68 Å². The van der Waals surface area contributed by atoms with Crippen molar-refractivity contribution in [3.8, 4) is 0 Å². The van der Waals surface area contributed by atoms with Gasteiger partial charge in [-0.2, -0.15) is 0 Å². The zero-order chi connectivity index (χ0) is 13.6. The van der Waals surface area contributed by atoms with E-state index in [1.165, 1.54) is 7.11 Å². The summed E-state index contributed by atoms with van der Waals surface area (Å²) in [7, 11) is 1.21. The van der Waals surface area contributed by atoms with Crippen LogP contribution < -0.4 is 0 Å². The molecule has 0 spiro atoms. The molecule has 7 nitrogen and oxygen atoms in total. The molecule has 0 atom stereocenters. The summed E-state index contributed by atoms with van der Waals surface area (Å²) >= 11 is 0.941. The number of halogens is 3. The van der Waals surface area contributed by atoms with E-state index >= 15 is 0 Å². The Balaban J connectivity index is 2.38. The predicted molar refractivity (Wildman–Crippen MR) is 52.6 cm³/mol. The number of carbonyl (C=O) groups is 1. The smallest absolute Gasteiger partial charge is 0.468 e. The maximum Gasteiger partial charge on any atom is 0.522 e. The highest BCUT2D eigenvalue weighted by Crippen LogP contribution is 2.18. The maximum absolute atomic E-state index is 11.7. The first-order chi connectivity index (χ1) is 8.42. The van der Waals surface area contributed by atoms with E-state index in [2.05, 4.69) is 25.0 Å². The average Bonchev–Trinajstić information content (AvgIpc) is 2.70. The van der Waals surface area contributed by atoms with Gasteiger partial charge in [-0.3, -0.25) is 9.53 Å². The van der Waals surface area contributed by atoms with E-state index in [9.17, 15) is 18.0 Å². The van der Waals surface area contributed by atoms with Crippen molar-refractivity contribution in [3.63, 3.8) is 0 Å². The summed E-state index contributed by atoms with van der Waals surface area (Å²) in [6.45, 7) is -0.731. The maximum atomic E-state index is 11.7. The lowest BCUT2D eigenvalue weighted by molar-refractivity contribution is -0.322. The predicted octanol–water partition coefficient (Wildman–Crippen LogP) is 0.475. The molecule has 0 saturated carbocycles. The zero-order valence-electron chi connectivity index (χ0n) is 9.18. The number of nitrogens with zero attached hydrogens (tertiary/aromatic N) is 4. The van der Waals surface area contributed by atoms with Crippen LogP contribution in [0.4, 0.5) is 13.2 Å². The minimum absolute atomic E-state index is 0.00105. The van der Waals surface area contributed by atoms with Crippen LogP contribution in [0, 0.1) is 0 Å². The van der Waals surface area contributed by atoms with Crippen LogP contribution in [0.15, 0.2) is 5.16 Å². The summed E-state index contributed by atoms with van der Waals surface area (Å²) in [5.41, 5.74) is 0. The lowest BCUT2D eigenvalue weighted by atomic mass is 10.7. The minimum atomic E-state index is -4.65. The molecule has 0 aliphatic carbocycles. The number of esters is 1. The zero-order valence-corrected chi connectivity index (χ0v) is 9.99. The first-order valence-electron chi connectivity index (χ1n) is 4.59. The molecule has 18 heavy (non-hydrogen) atoms. The van der Waals surface area contributed by atoms with Crippen molar-refractivity contribution < 1.29 is 27.4 Å². The molecule has 11 heteroatoms. The summed E-state index contributed by atoms with van der Waals surface area (Å²) in [6.07, 6.45) is -4.65. The van der Waals surface area contributed by atoms with E-state index in [0.29, 0.717) is 0 Å². The van der Waals surface area contributed by atoms with Crippen LogP contribution in [-0.2, 0) is 20.8 Å². The van der Waals surface area contributed by atoms with Crippen LogP contribution in [0.5, 0.6) is 0 Å². The standard InChI is InChI=1S/C7H9F3N4O3S/c1-16-5(15)4-14-6(11-12-13-14)18-3-2-17-7(8,9)10/h2-4H2,1H3. The second kappa shape index (κ2) is 6.54. The van der Waals surface area contributed by atoms with Crippen molar-refractivity contribution in [1.29, 1.82) is 0 Å². The lowest BCUT2D eigenvalue weighted by Gasteiger charge is -2.06. The number of hydrogen-bond acceptors (Lipinski definition) is 7. The molecule has 1 aromatic rings. The largest absolute Gasteiger partial charge is 0.522 e. The molecule has 1 rings (SSSR count). The summed E-state index contributed by atoms with van der Waals surface area (Å²) in [6, 6.07) is 0. The van der Waals surface area contributed by atoms with Crippen LogP contribution in [0.1, 0.15) is 0 Å². The van der Waals surface area contributed by atoms with Gasteiger partial charge in [-0.1, -0.05) is 11.8 Å². The molecule has 0 N–H and O–H groups in total. The molecule has 0 aliphatic heterocycles. The number of rotatable bonds is 6. The van der Waals surface area contributed by atoms with Gasteiger partial charge in [0.25, 0.3) is 0 Å². The first kappa shape index (κ1) is 14.7. The quantitative estimate of drug-likeness (QED) is 0.427. The Kier molecular flexibility index (Phi) is 5.34. The van der Waals surface area contributed by atoms with Crippen molar-refractivity contribution in [2.24, 2.45) is 0 Å². The molecule has 0 bridgehead atoms. The van der Waals surface area contributed by atoms with Gasteiger partial charge in [0, 0.05) is 5.75 Å². The van der Waals surface area contributed by atoms with Crippen molar-refractivity contribution in [2.45, 2.75) is 18.1 Å². The number of thioether (sulfide) groups is 1. The number of alkyl halides is 3. The number of ether oxygens (including phenoxy) is 2. The third-order valence-electron chi connectivity index (χ3n) is 1.59. The molecule has 1 heterocycles. The van der Waals surface area contributed by atoms with E-state index in [-0.39, 0.29) is 17.5 Å². The molecule has 0 fully saturated rings. The Hall–Kier alpha value is -1.36. The monoisotopic (exact) mass is 286 g/mol. The van der Waals surface area contributed by atoms with Crippen molar-refractivity contribution in [2.75, 3.05) is 19.5 Å². The number of methoxy groups -OCH3 is 1. The Morgan fingerprint density at radius 3 is 2.83 bits per heavy atom. The molecule has 1 aromatic heterocycles. The molecule has 0 unspecified atom stereocenters. The van der Waals surface area contributed by atoms with E-state index in [1.54, 1.807) is 0 Å².